The molecular formula is C21H24FN3S. The molecule has 2 aromatic heterocycles. The first-order chi connectivity index (χ1) is 12.5. The summed E-state index contributed by atoms with van der Waals surface area (Å²) < 4.78 is 16.5. The number of likely N-dealkylation sites (N-methyl/N-ethyl adjacent to an activating group) is 1. The minimum atomic E-state index is -0.134. The summed E-state index contributed by atoms with van der Waals surface area (Å²) in [6, 6.07) is 10.5. The number of aryl methyl sites for hydroxylation is 1. The van der Waals surface area contributed by atoms with E-state index in [-0.39, 0.29) is 12.4 Å². The molecule has 26 heavy (non-hydrogen) atoms. The van der Waals surface area contributed by atoms with Gasteiger partial charge in [0.2, 0.25) is 0 Å². The molecule has 0 fully saturated rings. The fourth-order valence-electron chi connectivity index (χ4n) is 3.29. The molecule has 0 unspecified atom stereocenters. The van der Waals surface area contributed by atoms with Crippen LogP contribution in [0, 0.1) is 13.8 Å². The van der Waals surface area contributed by atoms with Crippen molar-refractivity contribution < 1.29 is 4.39 Å². The van der Waals surface area contributed by atoms with Gasteiger partial charge in [-0.25, -0.2) is 4.39 Å². The Hall–Kier alpha value is -2.11. The molecule has 0 radical (unpaired) electrons. The zero-order valence-electron chi connectivity index (χ0n) is 15.6. The maximum Gasteiger partial charge on any atom is 0.117 e. The second-order valence-electron chi connectivity index (χ2n) is 6.32. The fraction of sp³-hybridized carbons (Fsp3) is 0.286. The van der Waals surface area contributed by atoms with Crippen molar-refractivity contribution >= 4 is 22.7 Å². The smallest absolute Gasteiger partial charge is 0.117 e. The van der Waals surface area contributed by atoms with Crippen LogP contribution in [0.15, 0.2) is 53.3 Å². The van der Waals surface area contributed by atoms with Gasteiger partial charge in [0.1, 0.15) is 5.83 Å². The van der Waals surface area contributed by atoms with Gasteiger partial charge < -0.3 is 9.88 Å². The van der Waals surface area contributed by atoms with E-state index in [1.165, 1.54) is 4.90 Å². The van der Waals surface area contributed by atoms with E-state index in [2.05, 4.69) is 52.3 Å². The SMILES string of the molecule is CNC/C=C(\F)Cn1c(C)c(-c2ccnc(C)c2)c2cc(SC)ccc21. The molecule has 0 bridgehead atoms. The van der Waals surface area contributed by atoms with Crippen molar-refractivity contribution in [2.75, 3.05) is 19.8 Å². The van der Waals surface area contributed by atoms with Gasteiger partial charge in [-0.3, -0.25) is 4.98 Å². The summed E-state index contributed by atoms with van der Waals surface area (Å²) in [7, 11) is 1.81. The third kappa shape index (κ3) is 3.69. The van der Waals surface area contributed by atoms with E-state index in [4.69, 9.17) is 0 Å². The van der Waals surface area contributed by atoms with E-state index >= 15 is 0 Å². The zero-order chi connectivity index (χ0) is 18.7. The Morgan fingerprint density at radius 1 is 1.27 bits per heavy atom. The summed E-state index contributed by atoms with van der Waals surface area (Å²) >= 11 is 1.72. The number of benzene rings is 1. The van der Waals surface area contributed by atoms with Crippen LogP contribution in [0.25, 0.3) is 22.0 Å². The predicted octanol–water partition coefficient (Wildman–Crippen LogP) is 5.11. The molecule has 3 aromatic rings. The largest absolute Gasteiger partial charge is 0.337 e. The molecule has 0 aliphatic heterocycles. The van der Waals surface area contributed by atoms with Gasteiger partial charge >= 0.3 is 0 Å². The van der Waals surface area contributed by atoms with Crippen molar-refractivity contribution in [1.82, 2.24) is 14.9 Å². The number of rotatable bonds is 6. The van der Waals surface area contributed by atoms with Gasteiger partial charge in [-0.2, -0.15) is 0 Å². The topological polar surface area (TPSA) is 29.9 Å². The van der Waals surface area contributed by atoms with E-state index in [1.807, 2.05) is 26.2 Å². The van der Waals surface area contributed by atoms with Crippen LogP contribution in [-0.4, -0.2) is 29.4 Å². The quantitative estimate of drug-likeness (QED) is 0.612. The number of fused-ring (bicyclic) bond motifs is 1. The molecule has 0 amide bonds. The molecule has 0 atom stereocenters. The molecule has 136 valence electrons. The van der Waals surface area contributed by atoms with Crippen LogP contribution < -0.4 is 5.32 Å². The zero-order valence-corrected chi connectivity index (χ0v) is 16.5. The number of pyridine rings is 1. The van der Waals surface area contributed by atoms with Gasteiger partial charge in [0.25, 0.3) is 0 Å². The van der Waals surface area contributed by atoms with E-state index in [9.17, 15) is 4.39 Å². The van der Waals surface area contributed by atoms with E-state index in [1.54, 1.807) is 17.8 Å². The number of hydrogen-bond acceptors (Lipinski definition) is 3. The second-order valence-corrected chi connectivity index (χ2v) is 7.20. The summed E-state index contributed by atoms with van der Waals surface area (Å²) in [6.07, 6.45) is 5.50. The maximum absolute atomic E-state index is 14.4. The third-order valence-corrected chi connectivity index (χ3v) is 5.28. The van der Waals surface area contributed by atoms with Crippen molar-refractivity contribution in [2.45, 2.75) is 25.3 Å². The highest BCUT2D eigenvalue weighted by atomic mass is 32.2. The summed E-state index contributed by atoms with van der Waals surface area (Å²) in [5.74, 6) is -0.134. The number of halogens is 1. The summed E-state index contributed by atoms with van der Waals surface area (Å²) in [5.41, 5.74) is 5.37. The Balaban J connectivity index is 2.21. The molecule has 0 aliphatic carbocycles. The molecule has 0 saturated carbocycles. The number of nitrogens with zero attached hydrogens (tertiary/aromatic N) is 2. The summed E-state index contributed by atoms with van der Waals surface area (Å²) in [4.78, 5) is 5.51. The van der Waals surface area contributed by atoms with Gasteiger partial charge in [0.15, 0.2) is 0 Å². The highest BCUT2D eigenvalue weighted by Gasteiger charge is 2.17. The van der Waals surface area contributed by atoms with Crippen molar-refractivity contribution in [3.63, 3.8) is 0 Å². The van der Waals surface area contributed by atoms with Gasteiger partial charge in [-0.15, -0.1) is 11.8 Å². The van der Waals surface area contributed by atoms with Crippen LogP contribution in [0.3, 0.4) is 0 Å². The number of thioether (sulfide) groups is 1. The van der Waals surface area contributed by atoms with E-state index < -0.39 is 0 Å². The lowest BCUT2D eigenvalue weighted by Crippen LogP contribution is -2.07. The van der Waals surface area contributed by atoms with Crippen molar-refractivity contribution in [3.8, 4) is 11.1 Å². The van der Waals surface area contributed by atoms with E-state index in [0.717, 1.165) is 33.4 Å². The number of hydrogen-bond donors (Lipinski definition) is 1. The Bertz CT molecular complexity index is 959. The number of aromatic nitrogens is 2. The predicted molar refractivity (Wildman–Crippen MR) is 110 cm³/mol. The molecule has 0 spiro atoms. The molecule has 5 heteroatoms. The first kappa shape index (κ1) is 18.7. The molecule has 1 N–H and O–H groups in total. The van der Waals surface area contributed by atoms with Crippen molar-refractivity contribution in [3.05, 3.63) is 59.8 Å². The minimum absolute atomic E-state index is 0.134. The van der Waals surface area contributed by atoms with Crippen LogP contribution in [0.5, 0.6) is 0 Å². The van der Waals surface area contributed by atoms with Crippen molar-refractivity contribution in [1.29, 1.82) is 0 Å². The van der Waals surface area contributed by atoms with Crippen LogP contribution in [0.2, 0.25) is 0 Å². The molecular weight excluding hydrogens is 345 g/mol. The minimum Gasteiger partial charge on any atom is -0.337 e. The monoisotopic (exact) mass is 369 g/mol. The molecule has 0 aliphatic rings. The molecule has 3 rings (SSSR count). The first-order valence-electron chi connectivity index (χ1n) is 8.64. The van der Waals surface area contributed by atoms with Gasteiger partial charge in [-0.05, 0) is 69.1 Å². The first-order valence-corrected chi connectivity index (χ1v) is 9.86. The normalized spacial score (nSPS) is 12.1. The van der Waals surface area contributed by atoms with Gasteiger partial charge in [-0.1, -0.05) is 0 Å². The Morgan fingerprint density at radius 3 is 2.77 bits per heavy atom. The lowest BCUT2D eigenvalue weighted by Gasteiger charge is -2.08. The van der Waals surface area contributed by atoms with E-state index in [0.29, 0.717) is 6.54 Å². The van der Waals surface area contributed by atoms with Gasteiger partial charge in [0, 0.05) is 45.5 Å². The molecule has 3 nitrogen and oxygen atoms in total. The van der Waals surface area contributed by atoms with Crippen molar-refractivity contribution in [2.24, 2.45) is 0 Å². The third-order valence-electron chi connectivity index (χ3n) is 4.55. The Morgan fingerprint density at radius 2 is 2.08 bits per heavy atom. The van der Waals surface area contributed by atoms with Crippen LogP contribution in [-0.2, 0) is 6.54 Å². The summed E-state index contributed by atoms with van der Waals surface area (Å²) in [6.45, 7) is 4.82. The molecule has 1 aromatic carbocycles. The highest BCUT2D eigenvalue weighted by Crippen LogP contribution is 2.37. The molecule has 2 heterocycles. The molecule has 0 saturated heterocycles. The lowest BCUT2D eigenvalue weighted by molar-refractivity contribution is 0.553. The average Bonchev–Trinajstić information content (AvgIpc) is 2.91. The highest BCUT2D eigenvalue weighted by molar-refractivity contribution is 7.98. The number of nitrogens with one attached hydrogen (secondary N) is 1. The van der Waals surface area contributed by atoms with Gasteiger partial charge in [0.05, 0.1) is 6.54 Å². The Labute approximate surface area is 158 Å². The maximum atomic E-state index is 14.4. The second kappa shape index (κ2) is 8.06. The summed E-state index contributed by atoms with van der Waals surface area (Å²) in [5, 5.41) is 4.11. The van der Waals surface area contributed by atoms with Crippen LogP contribution in [0.4, 0.5) is 4.39 Å². The fourth-order valence-corrected chi connectivity index (χ4v) is 3.73. The van der Waals surface area contributed by atoms with Crippen LogP contribution in [0.1, 0.15) is 11.4 Å². The number of allylic oxidation sites excluding steroid dienone is 1. The Kier molecular flexibility index (Phi) is 5.79. The lowest BCUT2D eigenvalue weighted by atomic mass is 10.0. The average molecular weight is 370 g/mol. The standard InChI is InChI=1S/C21H24FN3S/c1-14-11-16(7-10-24-14)21-15(2)25(13-17(22)8-9-23-3)20-6-5-18(26-4)12-19(20)21/h5-8,10-12,23H,9,13H2,1-4H3/b17-8-. The van der Waals surface area contributed by atoms with Crippen LogP contribution >= 0.6 is 11.8 Å².